The molecule has 0 radical (unpaired) electrons. The van der Waals surface area contributed by atoms with Gasteiger partial charge < -0.3 is 10.2 Å². The number of nitrogens with zero attached hydrogens (tertiary/aromatic N) is 2. The fourth-order valence-corrected chi connectivity index (χ4v) is 2.45. The Balaban J connectivity index is 2.73. The highest BCUT2D eigenvalue weighted by Crippen LogP contribution is 2.20. The lowest BCUT2D eigenvalue weighted by molar-refractivity contribution is -0.136. The van der Waals surface area contributed by atoms with Gasteiger partial charge in [-0.15, -0.1) is 11.3 Å². The minimum Gasteiger partial charge on any atom is -0.481 e. The van der Waals surface area contributed by atoms with Crippen LogP contribution in [0.1, 0.15) is 15.6 Å². The Morgan fingerprint density at radius 1 is 1.56 bits per heavy atom. The number of carbonyl (C=O) groups is 1. The number of aliphatic hydroxyl groups excluding tert-OH is 1. The molecule has 5 nitrogen and oxygen atoms in total. The molecule has 0 aromatic carbocycles. The monoisotopic (exact) mass is 244 g/mol. The Labute approximate surface area is 98.4 Å². The van der Waals surface area contributed by atoms with Crippen LogP contribution in [0.5, 0.6) is 0 Å². The first-order chi connectivity index (χ1) is 7.52. The van der Waals surface area contributed by atoms with Crippen molar-refractivity contribution in [3.05, 3.63) is 15.6 Å². The SMILES string of the molecule is Cc1nc(CC(=O)O)c(CN(C)CCO)s1. The highest BCUT2D eigenvalue weighted by molar-refractivity contribution is 7.11. The largest absolute Gasteiger partial charge is 0.481 e. The van der Waals surface area contributed by atoms with Gasteiger partial charge in [-0.1, -0.05) is 0 Å². The molecule has 0 unspecified atom stereocenters. The van der Waals surface area contributed by atoms with Crippen LogP contribution in [0.15, 0.2) is 0 Å². The molecule has 0 saturated heterocycles. The van der Waals surface area contributed by atoms with Crippen LogP contribution in [0.3, 0.4) is 0 Å². The van der Waals surface area contributed by atoms with E-state index in [1.807, 2.05) is 18.9 Å². The van der Waals surface area contributed by atoms with Gasteiger partial charge in [0.15, 0.2) is 0 Å². The fourth-order valence-electron chi connectivity index (χ4n) is 1.41. The molecule has 1 aromatic heterocycles. The van der Waals surface area contributed by atoms with Gasteiger partial charge in [-0.2, -0.15) is 0 Å². The van der Waals surface area contributed by atoms with Gasteiger partial charge in [0.1, 0.15) is 0 Å². The zero-order valence-corrected chi connectivity index (χ0v) is 10.3. The molecule has 0 aliphatic rings. The van der Waals surface area contributed by atoms with Crippen LogP contribution in [0.25, 0.3) is 0 Å². The lowest BCUT2D eigenvalue weighted by Crippen LogP contribution is -2.21. The molecule has 0 amide bonds. The van der Waals surface area contributed by atoms with Gasteiger partial charge in [-0.25, -0.2) is 4.98 Å². The van der Waals surface area contributed by atoms with E-state index in [1.54, 1.807) is 0 Å². The molecule has 2 N–H and O–H groups in total. The van der Waals surface area contributed by atoms with Crippen molar-refractivity contribution in [3.63, 3.8) is 0 Å². The van der Waals surface area contributed by atoms with Crippen molar-refractivity contribution in [3.8, 4) is 0 Å². The van der Waals surface area contributed by atoms with Crippen molar-refractivity contribution in [2.45, 2.75) is 19.9 Å². The minimum absolute atomic E-state index is 0.0351. The topological polar surface area (TPSA) is 73.7 Å². The summed E-state index contributed by atoms with van der Waals surface area (Å²) in [7, 11) is 1.88. The van der Waals surface area contributed by atoms with E-state index in [-0.39, 0.29) is 13.0 Å². The Morgan fingerprint density at radius 3 is 2.81 bits per heavy atom. The van der Waals surface area contributed by atoms with Crippen LogP contribution in [0, 0.1) is 6.92 Å². The number of likely N-dealkylation sites (N-methyl/N-ethyl adjacent to an activating group) is 1. The maximum absolute atomic E-state index is 10.7. The normalized spacial score (nSPS) is 11.0. The summed E-state index contributed by atoms with van der Waals surface area (Å²) < 4.78 is 0. The lowest BCUT2D eigenvalue weighted by atomic mass is 10.2. The van der Waals surface area contributed by atoms with Crippen LogP contribution >= 0.6 is 11.3 Å². The molecular formula is C10H16N2O3S. The van der Waals surface area contributed by atoms with Gasteiger partial charge in [0.25, 0.3) is 0 Å². The van der Waals surface area contributed by atoms with E-state index in [1.165, 1.54) is 11.3 Å². The van der Waals surface area contributed by atoms with Gasteiger partial charge in [0, 0.05) is 18.0 Å². The van der Waals surface area contributed by atoms with Crippen LogP contribution < -0.4 is 0 Å². The smallest absolute Gasteiger partial charge is 0.309 e. The lowest BCUT2D eigenvalue weighted by Gasteiger charge is -2.13. The van der Waals surface area contributed by atoms with Crippen LogP contribution in [0.4, 0.5) is 0 Å². The third kappa shape index (κ3) is 3.88. The first kappa shape index (κ1) is 13.1. The second-order valence-electron chi connectivity index (χ2n) is 3.63. The molecule has 1 heterocycles. The molecule has 0 bridgehead atoms. The molecule has 0 atom stereocenters. The van der Waals surface area contributed by atoms with E-state index in [9.17, 15) is 4.79 Å². The average Bonchev–Trinajstić information content (AvgIpc) is 2.45. The number of hydrogen-bond donors (Lipinski definition) is 2. The average molecular weight is 244 g/mol. The number of aliphatic carboxylic acids is 1. The second-order valence-corrected chi connectivity index (χ2v) is 4.92. The van der Waals surface area contributed by atoms with E-state index in [2.05, 4.69) is 4.98 Å². The third-order valence-electron chi connectivity index (χ3n) is 2.10. The predicted molar refractivity (Wildman–Crippen MR) is 61.6 cm³/mol. The predicted octanol–water partition coefficient (Wildman–Crippen LogP) is 0.503. The Hall–Kier alpha value is -0.980. The van der Waals surface area contributed by atoms with Crippen molar-refractivity contribution in [2.75, 3.05) is 20.2 Å². The van der Waals surface area contributed by atoms with Crippen LogP contribution in [-0.2, 0) is 17.8 Å². The molecule has 16 heavy (non-hydrogen) atoms. The molecule has 1 rings (SSSR count). The summed E-state index contributed by atoms with van der Waals surface area (Å²) in [4.78, 5) is 17.8. The quantitative estimate of drug-likeness (QED) is 0.762. The molecule has 0 fully saturated rings. The molecule has 6 heteroatoms. The zero-order valence-electron chi connectivity index (χ0n) is 9.43. The highest BCUT2D eigenvalue weighted by Gasteiger charge is 2.13. The Kier molecular flexibility index (Phi) is 4.85. The van der Waals surface area contributed by atoms with E-state index in [4.69, 9.17) is 10.2 Å². The Bertz CT molecular complexity index is 365. The summed E-state index contributed by atoms with van der Waals surface area (Å²) in [5.41, 5.74) is 0.639. The van der Waals surface area contributed by atoms with Crippen LogP contribution in [-0.4, -0.2) is 46.3 Å². The van der Waals surface area contributed by atoms with E-state index >= 15 is 0 Å². The van der Waals surface area contributed by atoms with Crippen molar-refractivity contribution in [1.82, 2.24) is 9.88 Å². The number of aromatic nitrogens is 1. The van der Waals surface area contributed by atoms with Gasteiger partial charge in [0.05, 0.1) is 23.7 Å². The Morgan fingerprint density at radius 2 is 2.25 bits per heavy atom. The number of rotatable bonds is 6. The molecule has 90 valence electrons. The van der Waals surface area contributed by atoms with Crippen molar-refractivity contribution < 1.29 is 15.0 Å². The summed E-state index contributed by atoms with van der Waals surface area (Å²) in [6.07, 6.45) is -0.0351. The number of hydrogen-bond acceptors (Lipinski definition) is 5. The summed E-state index contributed by atoms with van der Waals surface area (Å²) in [6.45, 7) is 3.17. The highest BCUT2D eigenvalue weighted by atomic mass is 32.1. The number of thiazole rings is 1. The van der Waals surface area contributed by atoms with E-state index in [0.717, 1.165) is 9.88 Å². The number of aliphatic hydroxyl groups is 1. The molecule has 1 aromatic rings. The molecule has 0 spiro atoms. The molecule has 0 saturated carbocycles. The standard InChI is InChI=1S/C10H16N2O3S/c1-7-11-8(5-10(14)15)9(16-7)6-12(2)3-4-13/h13H,3-6H2,1-2H3,(H,14,15). The molecular weight excluding hydrogens is 228 g/mol. The molecule has 0 aliphatic carbocycles. The summed E-state index contributed by atoms with van der Waals surface area (Å²) >= 11 is 1.51. The summed E-state index contributed by atoms with van der Waals surface area (Å²) in [5.74, 6) is -0.864. The van der Waals surface area contributed by atoms with E-state index in [0.29, 0.717) is 18.8 Å². The number of carboxylic acids is 1. The fraction of sp³-hybridized carbons (Fsp3) is 0.600. The number of carboxylic acid groups (broad SMARTS) is 1. The van der Waals surface area contributed by atoms with Crippen LogP contribution in [0.2, 0.25) is 0 Å². The van der Waals surface area contributed by atoms with Crippen molar-refractivity contribution in [1.29, 1.82) is 0 Å². The van der Waals surface area contributed by atoms with Gasteiger partial charge in [-0.05, 0) is 14.0 Å². The van der Waals surface area contributed by atoms with Gasteiger partial charge >= 0.3 is 5.97 Å². The first-order valence-electron chi connectivity index (χ1n) is 4.99. The van der Waals surface area contributed by atoms with E-state index < -0.39 is 5.97 Å². The zero-order chi connectivity index (χ0) is 12.1. The summed E-state index contributed by atoms with van der Waals surface area (Å²) in [5, 5.41) is 18.4. The first-order valence-corrected chi connectivity index (χ1v) is 5.81. The third-order valence-corrected chi connectivity index (χ3v) is 3.10. The summed E-state index contributed by atoms with van der Waals surface area (Å²) in [6, 6.07) is 0. The maximum Gasteiger partial charge on any atom is 0.309 e. The van der Waals surface area contributed by atoms with Gasteiger partial charge in [-0.3, -0.25) is 9.69 Å². The van der Waals surface area contributed by atoms with Crippen molar-refractivity contribution in [2.24, 2.45) is 0 Å². The molecule has 0 aliphatic heterocycles. The maximum atomic E-state index is 10.7. The number of aryl methyl sites for hydroxylation is 1. The second kappa shape index (κ2) is 5.93. The van der Waals surface area contributed by atoms with Gasteiger partial charge in [0.2, 0.25) is 0 Å². The van der Waals surface area contributed by atoms with Crippen molar-refractivity contribution >= 4 is 17.3 Å². The minimum atomic E-state index is -0.864.